The molecule has 1 fully saturated rings. The molecule has 1 saturated heterocycles. The third kappa shape index (κ3) is 4.38. The summed E-state index contributed by atoms with van der Waals surface area (Å²) >= 11 is 0. The molecule has 2 amide bonds. The minimum Gasteiger partial charge on any atom is -0.481 e. The summed E-state index contributed by atoms with van der Waals surface area (Å²) in [5, 5.41) is 12.3. The molecule has 8 heteroatoms. The van der Waals surface area contributed by atoms with Crippen LogP contribution in [0.25, 0.3) is 11.1 Å². The van der Waals surface area contributed by atoms with Crippen molar-refractivity contribution >= 4 is 18.0 Å². The van der Waals surface area contributed by atoms with Gasteiger partial charge in [0, 0.05) is 26.1 Å². The van der Waals surface area contributed by atoms with Crippen molar-refractivity contribution in [1.82, 2.24) is 10.2 Å². The van der Waals surface area contributed by atoms with Gasteiger partial charge in [-0.15, -0.1) is 0 Å². The molecule has 1 aliphatic heterocycles. The molecule has 4 rings (SSSR count). The van der Waals surface area contributed by atoms with Crippen LogP contribution in [0.15, 0.2) is 48.5 Å². The van der Waals surface area contributed by atoms with Crippen LogP contribution in [0.1, 0.15) is 37.8 Å². The van der Waals surface area contributed by atoms with Crippen molar-refractivity contribution < 1.29 is 29.0 Å². The molecule has 35 heavy (non-hydrogen) atoms. The lowest BCUT2D eigenvalue weighted by Gasteiger charge is -2.33. The lowest BCUT2D eigenvalue weighted by atomic mass is 9.81. The smallest absolute Gasteiger partial charge is 0.408 e. The highest BCUT2D eigenvalue weighted by atomic mass is 16.5. The molecule has 1 heterocycles. The van der Waals surface area contributed by atoms with Crippen LogP contribution in [0.3, 0.4) is 0 Å². The first-order chi connectivity index (χ1) is 16.6. The molecule has 0 aromatic heterocycles. The first-order valence-electron chi connectivity index (χ1n) is 11.8. The highest BCUT2D eigenvalue weighted by Crippen LogP contribution is 2.44. The van der Waals surface area contributed by atoms with E-state index >= 15 is 0 Å². The highest BCUT2D eigenvalue weighted by Gasteiger charge is 2.51. The number of hydrogen-bond donors (Lipinski definition) is 2. The van der Waals surface area contributed by atoms with E-state index in [1.54, 1.807) is 13.8 Å². The summed E-state index contributed by atoms with van der Waals surface area (Å²) in [5.41, 5.74) is 1.99. The number of carbonyl (C=O) groups is 3. The standard InChI is InChI=1S/C27H32N2O6/c1-17-13-29(15-26(17,2)24(31)32)23(30)27(3,16-34-4)28-25(33)35-14-22-20-11-7-5-9-18(20)19-10-6-8-12-21(19)22/h5-12,17,22H,13-16H2,1-4H3,(H,28,33)(H,31,32)/t17-,26-,27?/m1/s1. The molecule has 0 saturated carbocycles. The fourth-order valence-corrected chi connectivity index (χ4v) is 5.23. The number of alkyl carbamates (subject to hydrolysis) is 1. The molecular weight excluding hydrogens is 448 g/mol. The molecule has 0 spiro atoms. The molecule has 2 aromatic carbocycles. The van der Waals surface area contributed by atoms with Crippen LogP contribution in [0, 0.1) is 11.3 Å². The SMILES string of the molecule is COCC(C)(NC(=O)OCC1c2ccccc2-c2ccccc21)C(=O)N1C[C@@H](C)[C@](C)(C(=O)O)C1. The number of carboxylic acids is 1. The molecule has 0 bridgehead atoms. The molecule has 0 radical (unpaired) electrons. The van der Waals surface area contributed by atoms with Gasteiger partial charge < -0.3 is 24.8 Å². The van der Waals surface area contributed by atoms with Gasteiger partial charge in [0.25, 0.3) is 5.91 Å². The summed E-state index contributed by atoms with van der Waals surface area (Å²) in [4.78, 5) is 39.6. The summed E-state index contributed by atoms with van der Waals surface area (Å²) in [6.07, 6.45) is -0.729. The second-order valence-corrected chi connectivity index (χ2v) is 10.0. The number of nitrogens with zero attached hydrogens (tertiary/aromatic N) is 1. The van der Waals surface area contributed by atoms with Gasteiger partial charge in [0.1, 0.15) is 12.1 Å². The lowest BCUT2D eigenvalue weighted by molar-refractivity contribution is -0.149. The van der Waals surface area contributed by atoms with E-state index in [0.29, 0.717) is 0 Å². The largest absolute Gasteiger partial charge is 0.481 e. The lowest BCUT2D eigenvalue weighted by Crippen LogP contribution is -2.60. The summed E-state index contributed by atoms with van der Waals surface area (Å²) < 4.78 is 10.9. The molecule has 2 N–H and O–H groups in total. The topological polar surface area (TPSA) is 105 Å². The summed E-state index contributed by atoms with van der Waals surface area (Å²) in [6, 6.07) is 16.1. The molecule has 2 aromatic rings. The first kappa shape index (κ1) is 24.7. The number of methoxy groups -OCH3 is 1. The normalized spacial score (nSPS) is 22.7. The fraction of sp³-hybridized carbons (Fsp3) is 0.444. The average Bonchev–Trinajstić information content (AvgIpc) is 3.32. The van der Waals surface area contributed by atoms with Gasteiger partial charge in [-0.05, 0) is 42.0 Å². The zero-order valence-electron chi connectivity index (χ0n) is 20.5. The number of carbonyl (C=O) groups excluding carboxylic acids is 2. The first-order valence-corrected chi connectivity index (χ1v) is 11.8. The molecular formula is C27H32N2O6. The Labute approximate surface area is 205 Å². The third-order valence-corrected chi connectivity index (χ3v) is 7.50. The van der Waals surface area contributed by atoms with E-state index in [2.05, 4.69) is 17.4 Å². The van der Waals surface area contributed by atoms with E-state index in [4.69, 9.17) is 9.47 Å². The van der Waals surface area contributed by atoms with E-state index in [1.807, 2.05) is 43.3 Å². The fourth-order valence-electron chi connectivity index (χ4n) is 5.23. The predicted molar refractivity (Wildman–Crippen MR) is 130 cm³/mol. The van der Waals surface area contributed by atoms with Crippen LogP contribution >= 0.6 is 0 Å². The van der Waals surface area contributed by atoms with E-state index < -0.39 is 28.9 Å². The van der Waals surface area contributed by atoms with Crippen LogP contribution in [-0.2, 0) is 19.1 Å². The van der Waals surface area contributed by atoms with Gasteiger partial charge >= 0.3 is 12.1 Å². The molecule has 186 valence electrons. The number of amides is 2. The maximum atomic E-state index is 13.4. The molecule has 2 aliphatic rings. The Morgan fingerprint density at radius 1 is 1.11 bits per heavy atom. The number of likely N-dealkylation sites (tertiary alicyclic amines) is 1. The van der Waals surface area contributed by atoms with Gasteiger partial charge in [-0.3, -0.25) is 9.59 Å². The quantitative estimate of drug-likeness (QED) is 0.629. The van der Waals surface area contributed by atoms with Gasteiger partial charge in [0.2, 0.25) is 0 Å². The van der Waals surface area contributed by atoms with Gasteiger partial charge in [-0.2, -0.15) is 0 Å². The van der Waals surface area contributed by atoms with Crippen LogP contribution < -0.4 is 5.32 Å². The minimum absolute atomic E-state index is 0.0635. The summed E-state index contributed by atoms with van der Waals surface area (Å²) in [5.74, 6) is -1.68. The predicted octanol–water partition coefficient (Wildman–Crippen LogP) is 3.50. The van der Waals surface area contributed by atoms with Crippen molar-refractivity contribution in [3.63, 3.8) is 0 Å². The molecule has 8 nitrogen and oxygen atoms in total. The van der Waals surface area contributed by atoms with Crippen LogP contribution in [0.5, 0.6) is 0 Å². The Morgan fingerprint density at radius 3 is 2.20 bits per heavy atom. The van der Waals surface area contributed by atoms with E-state index in [-0.39, 0.29) is 38.1 Å². The maximum Gasteiger partial charge on any atom is 0.408 e. The number of nitrogens with one attached hydrogen (secondary N) is 1. The number of benzene rings is 2. The van der Waals surface area contributed by atoms with Crippen LogP contribution in [0.4, 0.5) is 4.79 Å². The van der Waals surface area contributed by atoms with Crippen molar-refractivity contribution in [2.24, 2.45) is 11.3 Å². The number of aliphatic carboxylic acids is 1. The van der Waals surface area contributed by atoms with Gasteiger partial charge in [0.05, 0.1) is 12.0 Å². The van der Waals surface area contributed by atoms with Crippen molar-refractivity contribution in [3.05, 3.63) is 59.7 Å². The zero-order chi connectivity index (χ0) is 25.4. The molecule has 3 atom stereocenters. The summed E-state index contributed by atoms with van der Waals surface area (Å²) in [7, 11) is 1.44. The Kier molecular flexibility index (Phi) is 6.60. The summed E-state index contributed by atoms with van der Waals surface area (Å²) in [6.45, 7) is 5.41. The second kappa shape index (κ2) is 9.34. The Bertz CT molecular complexity index is 1100. The van der Waals surface area contributed by atoms with Gasteiger partial charge in [-0.25, -0.2) is 4.79 Å². The van der Waals surface area contributed by atoms with Crippen molar-refractivity contribution in [3.8, 4) is 11.1 Å². The van der Waals surface area contributed by atoms with Crippen molar-refractivity contribution in [1.29, 1.82) is 0 Å². The van der Waals surface area contributed by atoms with Crippen molar-refractivity contribution in [2.75, 3.05) is 33.4 Å². The Balaban J connectivity index is 1.46. The number of rotatable bonds is 7. The monoisotopic (exact) mass is 480 g/mol. The van der Waals surface area contributed by atoms with E-state index in [9.17, 15) is 19.5 Å². The molecule has 1 unspecified atom stereocenters. The van der Waals surface area contributed by atoms with E-state index in [0.717, 1.165) is 22.3 Å². The van der Waals surface area contributed by atoms with Crippen LogP contribution in [-0.4, -0.2) is 66.9 Å². The van der Waals surface area contributed by atoms with Gasteiger partial charge in [-0.1, -0.05) is 55.5 Å². The number of hydrogen-bond acceptors (Lipinski definition) is 5. The minimum atomic E-state index is -1.40. The maximum absolute atomic E-state index is 13.4. The highest BCUT2D eigenvalue weighted by molar-refractivity contribution is 5.91. The zero-order valence-corrected chi connectivity index (χ0v) is 20.5. The number of carboxylic acid groups (broad SMARTS) is 1. The number of ether oxygens (including phenoxy) is 2. The van der Waals surface area contributed by atoms with Crippen LogP contribution in [0.2, 0.25) is 0 Å². The Hall–Kier alpha value is -3.39. The third-order valence-electron chi connectivity index (χ3n) is 7.50. The second-order valence-electron chi connectivity index (χ2n) is 10.0. The number of fused-ring (bicyclic) bond motifs is 3. The van der Waals surface area contributed by atoms with Crippen molar-refractivity contribution in [2.45, 2.75) is 32.2 Å². The average molecular weight is 481 g/mol. The Morgan fingerprint density at radius 2 is 1.69 bits per heavy atom. The molecule has 1 aliphatic carbocycles. The van der Waals surface area contributed by atoms with Gasteiger partial charge in [0.15, 0.2) is 0 Å². The van der Waals surface area contributed by atoms with E-state index in [1.165, 1.54) is 12.0 Å².